The Labute approximate surface area is 96.7 Å². The van der Waals surface area contributed by atoms with E-state index >= 15 is 0 Å². The van der Waals surface area contributed by atoms with Crippen LogP contribution in [0.3, 0.4) is 0 Å². The highest BCUT2D eigenvalue weighted by Gasteiger charge is 2.43. The van der Waals surface area contributed by atoms with Crippen molar-refractivity contribution < 1.29 is 0 Å². The molecule has 1 N–H and O–H groups in total. The Balaban J connectivity index is 2.08. The van der Waals surface area contributed by atoms with Gasteiger partial charge in [-0.25, -0.2) is 4.98 Å². The molecule has 0 amide bonds. The van der Waals surface area contributed by atoms with E-state index in [-0.39, 0.29) is 5.54 Å². The third-order valence-corrected chi connectivity index (χ3v) is 4.29. The summed E-state index contributed by atoms with van der Waals surface area (Å²) >= 11 is 0. The standard InChI is InChI=1S/C12H20N4/c1-10-9-14-11-12(3-5-13-6-4-12)15(2)7-8-16(10)11/h9,13H,3-8H2,1-2H3. The molecular weight excluding hydrogens is 200 g/mol. The second-order valence-electron chi connectivity index (χ2n) is 5.08. The van der Waals surface area contributed by atoms with E-state index in [9.17, 15) is 0 Å². The van der Waals surface area contributed by atoms with Gasteiger partial charge in [0.1, 0.15) is 5.82 Å². The van der Waals surface area contributed by atoms with Gasteiger partial charge in [-0.2, -0.15) is 0 Å². The fourth-order valence-corrected chi connectivity index (χ4v) is 3.20. The van der Waals surface area contributed by atoms with Gasteiger partial charge in [0.2, 0.25) is 0 Å². The van der Waals surface area contributed by atoms with Gasteiger partial charge in [-0.3, -0.25) is 4.90 Å². The average molecular weight is 220 g/mol. The molecule has 0 aliphatic carbocycles. The molecule has 88 valence electrons. The molecule has 4 heteroatoms. The smallest absolute Gasteiger partial charge is 0.129 e. The highest BCUT2D eigenvalue weighted by Crippen LogP contribution is 2.38. The maximum absolute atomic E-state index is 4.68. The fourth-order valence-electron chi connectivity index (χ4n) is 3.20. The Morgan fingerprint density at radius 1 is 1.31 bits per heavy atom. The molecule has 16 heavy (non-hydrogen) atoms. The first-order valence-corrected chi connectivity index (χ1v) is 6.19. The summed E-state index contributed by atoms with van der Waals surface area (Å²) in [6, 6.07) is 0. The molecular formula is C12H20N4. The van der Waals surface area contributed by atoms with Gasteiger partial charge in [0, 0.05) is 25.0 Å². The molecule has 0 aromatic carbocycles. The molecule has 3 rings (SSSR count). The lowest BCUT2D eigenvalue weighted by atomic mass is 9.84. The molecule has 0 saturated carbocycles. The van der Waals surface area contributed by atoms with Crippen molar-refractivity contribution in [1.82, 2.24) is 19.8 Å². The van der Waals surface area contributed by atoms with Gasteiger partial charge < -0.3 is 9.88 Å². The van der Waals surface area contributed by atoms with Gasteiger partial charge in [0.05, 0.1) is 5.54 Å². The van der Waals surface area contributed by atoms with Gasteiger partial charge in [-0.1, -0.05) is 0 Å². The van der Waals surface area contributed by atoms with Crippen molar-refractivity contribution in [2.75, 3.05) is 26.7 Å². The second-order valence-corrected chi connectivity index (χ2v) is 5.08. The topological polar surface area (TPSA) is 33.1 Å². The van der Waals surface area contributed by atoms with Crippen molar-refractivity contribution in [2.45, 2.75) is 31.8 Å². The summed E-state index contributed by atoms with van der Waals surface area (Å²) in [6.07, 6.45) is 4.39. The van der Waals surface area contributed by atoms with Crippen LogP contribution in [-0.2, 0) is 12.1 Å². The van der Waals surface area contributed by atoms with Crippen LogP contribution in [0.15, 0.2) is 6.20 Å². The van der Waals surface area contributed by atoms with Crippen molar-refractivity contribution in [1.29, 1.82) is 0 Å². The Bertz CT molecular complexity index is 390. The third-order valence-electron chi connectivity index (χ3n) is 4.29. The number of hydrogen-bond donors (Lipinski definition) is 1. The van der Waals surface area contributed by atoms with E-state index in [4.69, 9.17) is 0 Å². The number of aryl methyl sites for hydroxylation is 1. The summed E-state index contributed by atoms with van der Waals surface area (Å²) in [4.78, 5) is 7.19. The van der Waals surface area contributed by atoms with Crippen molar-refractivity contribution in [2.24, 2.45) is 0 Å². The van der Waals surface area contributed by atoms with E-state index < -0.39 is 0 Å². The Morgan fingerprint density at radius 2 is 2.06 bits per heavy atom. The summed E-state index contributed by atoms with van der Waals surface area (Å²) in [5.74, 6) is 1.29. The van der Waals surface area contributed by atoms with Crippen LogP contribution in [0.1, 0.15) is 24.4 Å². The summed E-state index contributed by atoms with van der Waals surface area (Å²) in [5.41, 5.74) is 1.50. The summed E-state index contributed by atoms with van der Waals surface area (Å²) < 4.78 is 2.41. The van der Waals surface area contributed by atoms with E-state index in [1.807, 2.05) is 6.20 Å². The molecule has 0 bridgehead atoms. The monoisotopic (exact) mass is 220 g/mol. The van der Waals surface area contributed by atoms with Crippen molar-refractivity contribution >= 4 is 0 Å². The Morgan fingerprint density at radius 3 is 2.81 bits per heavy atom. The number of nitrogens with zero attached hydrogens (tertiary/aromatic N) is 3. The first-order chi connectivity index (χ1) is 7.74. The van der Waals surface area contributed by atoms with Gasteiger partial charge in [0.15, 0.2) is 0 Å². The largest absolute Gasteiger partial charge is 0.329 e. The first kappa shape index (κ1) is 10.3. The van der Waals surface area contributed by atoms with Crippen LogP contribution in [0.5, 0.6) is 0 Å². The Hall–Kier alpha value is -0.870. The summed E-state index contributed by atoms with van der Waals surface area (Å²) in [6.45, 7) is 6.61. The quantitative estimate of drug-likeness (QED) is 0.699. The minimum Gasteiger partial charge on any atom is -0.329 e. The number of fused-ring (bicyclic) bond motifs is 2. The predicted octanol–water partition coefficient (Wildman–Crippen LogP) is 0.716. The van der Waals surface area contributed by atoms with Crippen LogP contribution in [-0.4, -0.2) is 41.1 Å². The van der Waals surface area contributed by atoms with Crippen LogP contribution in [0.2, 0.25) is 0 Å². The molecule has 1 aromatic rings. The van der Waals surface area contributed by atoms with E-state index in [1.165, 1.54) is 24.4 Å². The molecule has 1 aromatic heterocycles. The van der Waals surface area contributed by atoms with Crippen LogP contribution in [0.25, 0.3) is 0 Å². The molecule has 1 saturated heterocycles. The molecule has 3 heterocycles. The molecule has 2 aliphatic rings. The SMILES string of the molecule is Cc1cnc2n1CCN(C)C21CCNCC1. The number of nitrogens with one attached hydrogen (secondary N) is 1. The van der Waals surface area contributed by atoms with Crippen LogP contribution >= 0.6 is 0 Å². The maximum atomic E-state index is 4.68. The minimum absolute atomic E-state index is 0.192. The van der Waals surface area contributed by atoms with Gasteiger partial charge >= 0.3 is 0 Å². The summed E-state index contributed by atoms with van der Waals surface area (Å²) in [7, 11) is 2.25. The van der Waals surface area contributed by atoms with Crippen molar-refractivity contribution in [3.63, 3.8) is 0 Å². The third kappa shape index (κ3) is 1.26. The van der Waals surface area contributed by atoms with E-state index in [0.717, 1.165) is 26.2 Å². The van der Waals surface area contributed by atoms with Gasteiger partial charge in [-0.05, 0) is 39.9 Å². The highest BCUT2D eigenvalue weighted by atomic mass is 15.3. The normalized spacial score (nSPS) is 24.6. The lowest BCUT2D eigenvalue weighted by molar-refractivity contribution is 0.0431. The molecule has 1 spiro atoms. The molecule has 0 unspecified atom stereocenters. The minimum atomic E-state index is 0.192. The highest BCUT2D eigenvalue weighted by molar-refractivity contribution is 5.17. The number of aromatic nitrogens is 2. The van der Waals surface area contributed by atoms with Crippen molar-refractivity contribution in [3.8, 4) is 0 Å². The number of likely N-dealkylation sites (N-methyl/N-ethyl adjacent to an activating group) is 1. The molecule has 2 aliphatic heterocycles. The Kier molecular flexibility index (Phi) is 2.30. The lowest BCUT2D eigenvalue weighted by Crippen LogP contribution is -2.55. The number of piperidine rings is 1. The first-order valence-electron chi connectivity index (χ1n) is 6.19. The second kappa shape index (κ2) is 3.57. The predicted molar refractivity (Wildman–Crippen MR) is 63.4 cm³/mol. The van der Waals surface area contributed by atoms with Gasteiger partial charge in [0.25, 0.3) is 0 Å². The van der Waals surface area contributed by atoms with Crippen LogP contribution in [0, 0.1) is 6.92 Å². The van der Waals surface area contributed by atoms with Gasteiger partial charge in [-0.15, -0.1) is 0 Å². The van der Waals surface area contributed by atoms with E-state index in [1.54, 1.807) is 0 Å². The fraction of sp³-hybridized carbons (Fsp3) is 0.750. The van der Waals surface area contributed by atoms with E-state index in [2.05, 4.69) is 33.7 Å². The number of rotatable bonds is 0. The average Bonchev–Trinajstić information content (AvgIpc) is 2.68. The molecule has 0 atom stereocenters. The molecule has 1 fully saturated rings. The van der Waals surface area contributed by atoms with E-state index in [0.29, 0.717) is 0 Å². The molecule has 4 nitrogen and oxygen atoms in total. The lowest BCUT2D eigenvalue weighted by Gasteiger charge is -2.47. The summed E-state index contributed by atoms with van der Waals surface area (Å²) in [5, 5.41) is 3.45. The van der Waals surface area contributed by atoms with Crippen molar-refractivity contribution in [3.05, 3.63) is 17.7 Å². The number of hydrogen-bond acceptors (Lipinski definition) is 3. The molecule has 0 radical (unpaired) electrons. The number of imidazole rings is 1. The van der Waals surface area contributed by atoms with Crippen LogP contribution < -0.4 is 5.32 Å². The van der Waals surface area contributed by atoms with Crippen LogP contribution in [0.4, 0.5) is 0 Å². The maximum Gasteiger partial charge on any atom is 0.129 e. The zero-order valence-electron chi connectivity index (χ0n) is 10.2. The zero-order chi connectivity index (χ0) is 11.2. The zero-order valence-corrected chi connectivity index (χ0v) is 10.2.